The molecule has 1 saturated carbocycles. The van der Waals surface area contributed by atoms with E-state index in [1.807, 2.05) is 30.3 Å². The van der Waals surface area contributed by atoms with Gasteiger partial charge in [-0.1, -0.05) is 48.3 Å². The van der Waals surface area contributed by atoms with E-state index in [2.05, 4.69) is 10.1 Å². The number of aromatic nitrogens is 2. The predicted molar refractivity (Wildman–Crippen MR) is 109 cm³/mol. The smallest absolute Gasteiger partial charge is 0.317 e. The maximum Gasteiger partial charge on any atom is 0.317 e. The van der Waals surface area contributed by atoms with Crippen molar-refractivity contribution in [2.75, 3.05) is 14.2 Å². The third-order valence-electron chi connectivity index (χ3n) is 5.62. The Morgan fingerprint density at radius 1 is 1.07 bits per heavy atom. The van der Waals surface area contributed by atoms with Crippen LogP contribution in [0.25, 0.3) is 11.4 Å². The van der Waals surface area contributed by atoms with E-state index in [9.17, 15) is 4.79 Å². The highest BCUT2D eigenvalue weighted by Gasteiger charge is 2.44. The molecule has 1 heterocycles. The Bertz CT molecular complexity index is 1010. The van der Waals surface area contributed by atoms with Crippen LogP contribution >= 0.6 is 0 Å². The summed E-state index contributed by atoms with van der Waals surface area (Å²) < 4.78 is 21.5. The average molecular weight is 408 g/mol. The standard InChI is InChI=1S/C23H24N2O5/c1-27-17-10-11-18(19(14-17)28-2)21-24-20(30-25-21)15-29-22(26)23(12-6-7-13-23)16-8-4-3-5-9-16/h3-5,8-11,14H,6-7,12-13,15H2,1-2H3. The molecule has 0 saturated heterocycles. The third-order valence-corrected chi connectivity index (χ3v) is 5.62. The fourth-order valence-electron chi connectivity index (χ4n) is 4.02. The highest BCUT2D eigenvalue weighted by Crippen LogP contribution is 2.42. The fraction of sp³-hybridized carbons (Fsp3) is 0.348. The molecule has 0 unspecified atom stereocenters. The summed E-state index contributed by atoms with van der Waals surface area (Å²) in [5.74, 6) is 1.58. The molecule has 7 nitrogen and oxygen atoms in total. The van der Waals surface area contributed by atoms with Gasteiger partial charge in [-0.15, -0.1) is 0 Å². The molecule has 1 aromatic heterocycles. The lowest BCUT2D eigenvalue weighted by molar-refractivity contribution is -0.152. The van der Waals surface area contributed by atoms with Crippen LogP contribution < -0.4 is 9.47 Å². The third kappa shape index (κ3) is 3.75. The normalized spacial score (nSPS) is 15.0. The molecular formula is C23H24N2O5. The lowest BCUT2D eigenvalue weighted by Gasteiger charge is -2.26. The van der Waals surface area contributed by atoms with Crippen molar-refractivity contribution in [1.29, 1.82) is 0 Å². The van der Waals surface area contributed by atoms with Gasteiger partial charge in [0.2, 0.25) is 5.82 Å². The number of methoxy groups -OCH3 is 2. The molecule has 3 aromatic rings. The van der Waals surface area contributed by atoms with Crippen LogP contribution in [0.2, 0.25) is 0 Å². The SMILES string of the molecule is COc1ccc(-c2noc(COC(=O)C3(c4ccccc4)CCCC3)n2)c(OC)c1. The summed E-state index contributed by atoms with van der Waals surface area (Å²) >= 11 is 0. The number of hydrogen-bond donors (Lipinski definition) is 0. The van der Waals surface area contributed by atoms with Gasteiger partial charge in [0.15, 0.2) is 6.61 Å². The van der Waals surface area contributed by atoms with Gasteiger partial charge in [0.25, 0.3) is 5.89 Å². The van der Waals surface area contributed by atoms with Crippen molar-refractivity contribution in [2.45, 2.75) is 37.7 Å². The first-order valence-corrected chi connectivity index (χ1v) is 9.94. The maximum absolute atomic E-state index is 13.0. The van der Waals surface area contributed by atoms with Gasteiger partial charge in [0, 0.05) is 6.07 Å². The molecule has 7 heteroatoms. The zero-order valence-corrected chi connectivity index (χ0v) is 17.1. The summed E-state index contributed by atoms with van der Waals surface area (Å²) in [7, 11) is 3.15. The molecule has 0 atom stereocenters. The molecule has 30 heavy (non-hydrogen) atoms. The van der Waals surface area contributed by atoms with Gasteiger partial charge in [-0.05, 0) is 30.5 Å². The Morgan fingerprint density at radius 2 is 1.83 bits per heavy atom. The van der Waals surface area contributed by atoms with Gasteiger partial charge in [0.05, 0.1) is 25.2 Å². The number of hydrogen-bond acceptors (Lipinski definition) is 7. The molecule has 1 aliphatic carbocycles. The van der Waals surface area contributed by atoms with Crippen molar-refractivity contribution >= 4 is 5.97 Å². The zero-order valence-electron chi connectivity index (χ0n) is 17.1. The van der Waals surface area contributed by atoms with Crippen LogP contribution in [0, 0.1) is 0 Å². The summed E-state index contributed by atoms with van der Waals surface area (Å²) in [6, 6.07) is 15.2. The molecule has 4 rings (SSSR count). The summed E-state index contributed by atoms with van der Waals surface area (Å²) in [6.45, 7) is -0.0705. The van der Waals surface area contributed by atoms with Gasteiger partial charge < -0.3 is 18.7 Å². The number of ether oxygens (including phenoxy) is 3. The van der Waals surface area contributed by atoms with Crippen LogP contribution in [0.15, 0.2) is 53.1 Å². The van der Waals surface area contributed by atoms with E-state index in [0.29, 0.717) is 22.9 Å². The van der Waals surface area contributed by atoms with Crippen LogP contribution in [-0.2, 0) is 21.6 Å². The Kier molecular flexibility index (Phi) is 5.70. The average Bonchev–Trinajstić information content (AvgIpc) is 3.48. The molecule has 1 aliphatic rings. The van der Waals surface area contributed by atoms with E-state index in [1.54, 1.807) is 32.4 Å². The number of carbonyl (C=O) groups is 1. The quantitative estimate of drug-likeness (QED) is 0.539. The van der Waals surface area contributed by atoms with E-state index in [4.69, 9.17) is 18.7 Å². The highest BCUT2D eigenvalue weighted by atomic mass is 16.6. The van der Waals surface area contributed by atoms with Gasteiger partial charge in [-0.25, -0.2) is 0 Å². The van der Waals surface area contributed by atoms with Crippen LogP contribution in [0.1, 0.15) is 37.1 Å². The first kappa shape index (κ1) is 19.9. The number of benzene rings is 2. The largest absolute Gasteiger partial charge is 0.497 e. The molecular weight excluding hydrogens is 384 g/mol. The predicted octanol–water partition coefficient (Wildman–Crippen LogP) is 4.31. The van der Waals surface area contributed by atoms with Crippen LogP contribution in [-0.4, -0.2) is 30.3 Å². The van der Waals surface area contributed by atoms with Gasteiger partial charge in [0.1, 0.15) is 11.5 Å². The number of esters is 1. The van der Waals surface area contributed by atoms with E-state index >= 15 is 0 Å². The summed E-state index contributed by atoms with van der Waals surface area (Å²) in [4.78, 5) is 17.4. The van der Waals surface area contributed by atoms with Crippen molar-refractivity contribution in [2.24, 2.45) is 0 Å². The van der Waals surface area contributed by atoms with Crippen molar-refractivity contribution < 1.29 is 23.5 Å². The van der Waals surface area contributed by atoms with E-state index in [0.717, 1.165) is 31.2 Å². The Labute approximate surface area is 175 Å². The minimum atomic E-state index is -0.594. The fourth-order valence-corrected chi connectivity index (χ4v) is 4.02. The van der Waals surface area contributed by atoms with Crippen molar-refractivity contribution in [3.05, 3.63) is 60.0 Å². The number of rotatable bonds is 7. The topological polar surface area (TPSA) is 83.7 Å². The van der Waals surface area contributed by atoms with Gasteiger partial charge >= 0.3 is 5.97 Å². The zero-order chi connectivity index (χ0) is 21.0. The molecule has 1 fully saturated rings. The van der Waals surface area contributed by atoms with Crippen LogP contribution in [0.5, 0.6) is 11.5 Å². The molecule has 0 bridgehead atoms. The van der Waals surface area contributed by atoms with Crippen molar-refractivity contribution in [3.8, 4) is 22.9 Å². The van der Waals surface area contributed by atoms with E-state index in [-0.39, 0.29) is 18.5 Å². The summed E-state index contributed by atoms with van der Waals surface area (Å²) in [5, 5.41) is 4.00. The second-order valence-electron chi connectivity index (χ2n) is 7.31. The Morgan fingerprint density at radius 3 is 2.53 bits per heavy atom. The van der Waals surface area contributed by atoms with Crippen LogP contribution in [0.3, 0.4) is 0 Å². The van der Waals surface area contributed by atoms with Gasteiger partial charge in [-0.2, -0.15) is 4.98 Å². The number of nitrogens with zero attached hydrogens (tertiary/aromatic N) is 2. The second kappa shape index (κ2) is 8.57. The monoisotopic (exact) mass is 408 g/mol. The molecule has 0 spiro atoms. The molecule has 0 aliphatic heterocycles. The minimum Gasteiger partial charge on any atom is -0.497 e. The lowest BCUT2D eigenvalue weighted by atomic mass is 9.79. The molecule has 156 valence electrons. The molecule has 2 aromatic carbocycles. The Hall–Kier alpha value is -3.35. The Balaban J connectivity index is 1.49. The van der Waals surface area contributed by atoms with Crippen molar-refractivity contribution in [3.63, 3.8) is 0 Å². The molecule has 0 amide bonds. The van der Waals surface area contributed by atoms with Gasteiger partial charge in [-0.3, -0.25) is 4.79 Å². The number of carbonyl (C=O) groups excluding carboxylic acids is 1. The summed E-state index contributed by atoms with van der Waals surface area (Å²) in [5.41, 5.74) is 1.07. The van der Waals surface area contributed by atoms with E-state index < -0.39 is 5.41 Å². The lowest BCUT2D eigenvalue weighted by Crippen LogP contribution is -2.34. The van der Waals surface area contributed by atoms with Crippen LogP contribution in [0.4, 0.5) is 0 Å². The minimum absolute atomic E-state index is 0.0705. The maximum atomic E-state index is 13.0. The summed E-state index contributed by atoms with van der Waals surface area (Å²) in [6.07, 6.45) is 3.58. The highest BCUT2D eigenvalue weighted by molar-refractivity contribution is 5.83. The van der Waals surface area contributed by atoms with Crippen molar-refractivity contribution in [1.82, 2.24) is 10.1 Å². The second-order valence-corrected chi connectivity index (χ2v) is 7.31. The molecule has 0 N–H and O–H groups in total. The molecule has 0 radical (unpaired) electrons. The first-order valence-electron chi connectivity index (χ1n) is 9.94. The first-order chi connectivity index (χ1) is 14.7. The van der Waals surface area contributed by atoms with E-state index in [1.165, 1.54) is 0 Å².